The van der Waals surface area contributed by atoms with Gasteiger partial charge in [0.1, 0.15) is 0 Å². The highest BCUT2D eigenvalue weighted by atomic mass is 32.2. The van der Waals surface area contributed by atoms with Gasteiger partial charge in [0.25, 0.3) is 0 Å². The van der Waals surface area contributed by atoms with E-state index < -0.39 is 15.1 Å². The Morgan fingerprint density at radius 3 is 2.19 bits per heavy atom. The van der Waals surface area contributed by atoms with Gasteiger partial charge in [0, 0.05) is 20.5 Å². The maximum absolute atomic E-state index is 13.6. The Bertz CT molecular complexity index is 1130. The summed E-state index contributed by atoms with van der Waals surface area (Å²) in [5, 5.41) is 2.45. The van der Waals surface area contributed by atoms with Crippen LogP contribution >= 0.6 is 0 Å². The monoisotopic (exact) mass is 447 g/mol. The first-order chi connectivity index (χ1) is 14.8. The van der Waals surface area contributed by atoms with Crippen LogP contribution in [-0.2, 0) is 28.7 Å². The third-order valence-corrected chi connectivity index (χ3v) is 9.50. The number of sulfone groups is 1. The van der Waals surface area contributed by atoms with E-state index in [0.29, 0.717) is 41.9 Å². The van der Waals surface area contributed by atoms with E-state index in [2.05, 4.69) is 5.32 Å². The summed E-state index contributed by atoms with van der Waals surface area (Å²) in [5.74, 6) is 0.431. The third kappa shape index (κ3) is 4.31. The Balaban J connectivity index is 1.70. The second-order valence-electron chi connectivity index (χ2n) is 9.28. The third-order valence-electron chi connectivity index (χ3n) is 7.20. The Morgan fingerprint density at radius 1 is 0.968 bits per heavy atom. The van der Waals surface area contributed by atoms with Crippen LogP contribution in [0, 0.1) is 5.92 Å². The zero-order valence-corrected chi connectivity index (χ0v) is 19.3. The summed E-state index contributed by atoms with van der Waals surface area (Å²) in [4.78, 5) is 25.3. The maximum Gasteiger partial charge on any atom is 0.328 e. The fourth-order valence-corrected chi connectivity index (χ4v) is 7.27. The lowest BCUT2D eigenvalue weighted by molar-refractivity contribution is -0.116. The highest BCUT2D eigenvalue weighted by molar-refractivity contribution is 7.92. The minimum absolute atomic E-state index is 0.141. The van der Waals surface area contributed by atoms with Crippen LogP contribution in [0.4, 0.5) is 5.69 Å². The van der Waals surface area contributed by atoms with Gasteiger partial charge >= 0.3 is 5.69 Å². The van der Waals surface area contributed by atoms with Crippen molar-refractivity contribution in [3.8, 4) is 0 Å². The first-order valence-electron chi connectivity index (χ1n) is 11.5. The molecule has 0 bridgehead atoms. The molecule has 1 aromatic carbocycles. The predicted molar refractivity (Wildman–Crippen MR) is 122 cm³/mol. The molecule has 7 nitrogen and oxygen atoms in total. The van der Waals surface area contributed by atoms with Gasteiger partial charge in [-0.05, 0) is 37.3 Å². The zero-order chi connectivity index (χ0) is 22.2. The van der Waals surface area contributed by atoms with E-state index >= 15 is 0 Å². The molecule has 0 spiro atoms. The zero-order valence-electron chi connectivity index (χ0n) is 18.5. The lowest BCUT2D eigenvalue weighted by Crippen LogP contribution is -2.25. The minimum Gasteiger partial charge on any atom is -0.325 e. The van der Waals surface area contributed by atoms with Crippen molar-refractivity contribution in [1.82, 2.24) is 9.13 Å². The normalized spacial score (nSPS) is 18.6. The standard InChI is InChI=1S/C23H33N3O4S/c1-25-19-14-18(24-22(27)13-12-16-8-6-7-9-16)21(15-20(19)26(2)23(25)28)31(29,30)17-10-4-3-5-11-17/h14-17H,3-13H2,1-2H3,(H,24,27). The first-order valence-corrected chi connectivity index (χ1v) is 13.1. The van der Waals surface area contributed by atoms with Gasteiger partial charge in [0.2, 0.25) is 5.91 Å². The molecule has 0 radical (unpaired) electrons. The number of hydrogen-bond acceptors (Lipinski definition) is 4. The average molecular weight is 448 g/mol. The van der Waals surface area contributed by atoms with E-state index in [4.69, 9.17) is 0 Å². The number of aryl methyl sites for hydroxylation is 2. The number of rotatable bonds is 6. The summed E-state index contributed by atoms with van der Waals surface area (Å²) in [7, 11) is -0.321. The summed E-state index contributed by atoms with van der Waals surface area (Å²) in [5.41, 5.74) is 1.25. The largest absolute Gasteiger partial charge is 0.328 e. The van der Waals surface area contributed by atoms with Crippen LogP contribution in [0.2, 0.25) is 0 Å². The van der Waals surface area contributed by atoms with Gasteiger partial charge in [-0.2, -0.15) is 0 Å². The molecular formula is C23H33N3O4S. The van der Waals surface area contributed by atoms with E-state index in [-0.39, 0.29) is 16.5 Å². The molecule has 1 amide bonds. The number of nitrogens with one attached hydrogen (secondary N) is 1. The molecule has 8 heteroatoms. The summed E-state index contributed by atoms with van der Waals surface area (Å²) in [6.45, 7) is 0. The maximum atomic E-state index is 13.6. The number of benzene rings is 1. The number of carbonyl (C=O) groups is 1. The Labute approximate surface area is 183 Å². The number of nitrogens with zero attached hydrogens (tertiary/aromatic N) is 2. The number of anilines is 1. The summed E-state index contributed by atoms with van der Waals surface area (Å²) < 4.78 is 30.1. The molecule has 1 aromatic heterocycles. The average Bonchev–Trinajstić information content (AvgIpc) is 3.36. The van der Waals surface area contributed by atoms with Crippen LogP contribution in [0.1, 0.15) is 70.6 Å². The van der Waals surface area contributed by atoms with E-state index in [0.717, 1.165) is 25.7 Å². The Hall–Kier alpha value is -2.09. The van der Waals surface area contributed by atoms with Gasteiger partial charge in [-0.15, -0.1) is 0 Å². The van der Waals surface area contributed by atoms with Crippen LogP contribution in [0.15, 0.2) is 21.8 Å². The van der Waals surface area contributed by atoms with Gasteiger partial charge < -0.3 is 5.32 Å². The van der Waals surface area contributed by atoms with Crippen molar-refractivity contribution in [2.45, 2.75) is 80.8 Å². The number of aromatic nitrogens is 2. The SMILES string of the molecule is Cn1c(=O)n(C)c2cc(S(=O)(=O)C3CCCCC3)c(NC(=O)CCC3CCCC3)cc21. The van der Waals surface area contributed by atoms with Crippen LogP contribution in [0.3, 0.4) is 0 Å². The van der Waals surface area contributed by atoms with Crippen LogP contribution < -0.4 is 11.0 Å². The molecule has 0 aliphatic heterocycles. The second kappa shape index (κ2) is 8.81. The molecule has 2 saturated carbocycles. The summed E-state index contributed by atoms with van der Waals surface area (Å²) in [6, 6.07) is 3.23. The van der Waals surface area contributed by atoms with Gasteiger partial charge in [-0.3, -0.25) is 13.9 Å². The number of fused-ring (bicyclic) bond motifs is 1. The summed E-state index contributed by atoms with van der Waals surface area (Å²) >= 11 is 0. The number of hydrogen-bond donors (Lipinski definition) is 1. The molecule has 2 aliphatic carbocycles. The van der Waals surface area contributed by atoms with Crippen molar-refractivity contribution in [1.29, 1.82) is 0 Å². The molecule has 2 aromatic rings. The molecule has 4 rings (SSSR count). The van der Waals surface area contributed by atoms with Gasteiger partial charge in [-0.1, -0.05) is 44.9 Å². The van der Waals surface area contributed by atoms with Crippen molar-refractivity contribution in [2.75, 3.05) is 5.32 Å². The quantitative estimate of drug-likeness (QED) is 0.727. The fraction of sp³-hybridized carbons (Fsp3) is 0.652. The van der Waals surface area contributed by atoms with Gasteiger partial charge in [-0.25, -0.2) is 13.2 Å². The van der Waals surface area contributed by atoms with Crippen LogP contribution in [0.5, 0.6) is 0 Å². The smallest absolute Gasteiger partial charge is 0.325 e. The first kappa shape index (κ1) is 22.1. The molecule has 0 saturated heterocycles. The predicted octanol–water partition coefficient (Wildman–Crippen LogP) is 3.89. The fourth-order valence-electron chi connectivity index (χ4n) is 5.26. The Morgan fingerprint density at radius 2 is 1.55 bits per heavy atom. The molecule has 0 atom stereocenters. The van der Waals surface area contributed by atoms with Crippen molar-refractivity contribution < 1.29 is 13.2 Å². The highest BCUT2D eigenvalue weighted by Gasteiger charge is 2.32. The van der Waals surface area contributed by atoms with E-state index in [1.807, 2.05) is 0 Å². The molecule has 1 N–H and O–H groups in total. The van der Waals surface area contributed by atoms with Gasteiger partial charge in [0.05, 0.1) is 26.9 Å². The van der Waals surface area contributed by atoms with Crippen LogP contribution in [-0.4, -0.2) is 28.7 Å². The van der Waals surface area contributed by atoms with Crippen LogP contribution in [0.25, 0.3) is 11.0 Å². The van der Waals surface area contributed by atoms with Gasteiger partial charge in [0.15, 0.2) is 9.84 Å². The van der Waals surface area contributed by atoms with Crippen molar-refractivity contribution >= 4 is 32.5 Å². The molecule has 170 valence electrons. The number of imidazole rings is 1. The highest BCUT2D eigenvalue weighted by Crippen LogP contribution is 2.35. The van der Waals surface area contributed by atoms with Crippen molar-refractivity contribution in [2.24, 2.45) is 20.0 Å². The molecule has 2 aliphatic rings. The topological polar surface area (TPSA) is 90.2 Å². The summed E-state index contributed by atoms with van der Waals surface area (Å²) in [6.07, 6.45) is 10.2. The molecule has 2 fully saturated rings. The van der Waals surface area contributed by atoms with E-state index in [1.165, 1.54) is 34.8 Å². The number of amides is 1. The lowest BCUT2D eigenvalue weighted by Gasteiger charge is -2.23. The number of carbonyl (C=O) groups excluding carboxylic acids is 1. The molecular weight excluding hydrogens is 414 g/mol. The Kier molecular flexibility index (Phi) is 6.28. The molecule has 31 heavy (non-hydrogen) atoms. The molecule has 0 unspecified atom stereocenters. The second-order valence-corrected chi connectivity index (χ2v) is 11.5. The van der Waals surface area contributed by atoms with Crippen molar-refractivity contribution in [3.63, 3.8) is 0 Å². The molecule has 1 heterocycles. The van der Waals surface area contributed by atoms with E-state index in [9.17, 15) is 18.0 Å². The van der Waals surface area contributed by atoms with E-state index in [1.54, 1.807) is 26.2 Å². The lowest BCUT2D eigenvalue weighted by atomic mass is 10.0. The minimum atomic E-state index is -3.62. The van der Waals surface area contributed by atoms with Crippen molar-refractivity contribution in [3.05, 3.63) is 22.6 Å².